The van der Waals surface area contributed by atoms with E-state index in [0.717, 1.165) is 5.92 Å². The molecule has 0 aliphatic heterocycles. The molecule has 1 aliphatic carbocycles. The second-order valence-electron chi connectivity index (χ2n) is 2.39. The summed E-state index contributed by atoms with van der Waals surface area (Å²) in [6.45, 7) is 0. The number of nitrogens with zero attached hydrogens (tertiary/aromatic N) is 1. The van der Waals surface area contributed by atoms with E-state index >= 15 is 0 Å². The first-order valence-electron chi connectivity index (χ1n) is 3.07. The van der Waals surface area contributed by atoms with Gasteiger partial charge in [-0.05, 0) is 35.4 Å². The monoisotopic (exact) mass is 234 g/mol. The molecule has 0 aromatic carbocycles. The van der Waals surface area contributed by atoms with Crippen molar-refractivity contribution in [3.63, 3.8) is 0 Å². The van der Waals surface area contributed by atoms with Gasteiger partial charge in [0, 0.05) is 12.1 Å². The van der Waals surface area contributed by atoms with Crippen molar-refractivity contribution in [3.8, 4) is 0 Å². The van der Waals surface area contributed by atoms with E-state index in [1.54, 1.807) is 0 Å². The number of aromatic amines is 1. The van der Waals surface area contributed by atoms with E-state index in [1.165, 1.54) is 22.1 Å². The predicted molar refractivity (Wildman–Crippen MR) is 43.3 cm³/mol. The molecular formula is C6H7IN2. The van der Waals surface area contributed by atoms with Crippen molar-refractivity contribution in [1.29, 1.82) is 0 Å². The number of halogens is 1. The van der Waals surface area contributed by atoms with Gasteiger partial charge in [0.05, 0.1) is 9.26 Å². The number of hydrogen-bond donors (Lipinski definition) is 1. The Kier molecular flexibility index (Phi) is 1.25. The zero-order valence-corrected chi connectivity index (χ0v) is 7.05. The zero-order chi connectivity index (χ0) is 6.27. The highest BCUT2D eigenvalue weighted by molar-refractivity contribution is 14.1. The van der Waals surface area contributed by atoms with Gasteiger partial charge in [-0.1, -0.05) is 0 Å². The lowest BCUT2D eigenvalue weighted by atomic mass is 10.3. The second-order valence-corrected chi connectivity index (χ2v) is 3.55. The van der Waals surface area contributed by atoms with Gasteiger partial charge >= 0.3 is 0 Å². The molecule has 0 radical (unpaired) electrons. The minimum atomic E-state index is 0.781. The first-order valence-corrected chi connectivity index (χ1v) is 4.15. The molecule has 9 heavy (non-hydrogen) atoms. The van der Waals surface area contributed by atoms with Crippen LogP contribution in [0.1, 0.15) is 24.5 Å². The molecule has 1 aromatic rings. The molecule has 0 amide bonds. The quantitative estimate of drug-likeness (QED) is 0.738. The molecule has 2 nitrogen and oxygen atoms in total. The molecule has 0 bridgehead atoms. The first kappa shape index (κ1) is 5.70. The van der Waals surface area contributed by atoms with Crippen molar-refractivity contribution in [2.24, 2.45) is 0 Å². The van der Waals surface area contributed by atoms with Gasteiger partial charge < -0.3 is 0 Å². The Morgan fingerprint density at radius 1 is 1.67 bits per heavy atom. The third-order valence-corrected chi connectivity index (χ3v) is 2.45. The molecule has 0 unspecified atom stereocenters. The van der Waals surface area contributed by atoms with Crippen LogP contribution >= 0.6 is 22.6 Å². The summed E-state index contributed by atoms with van der Waals surface area (Å²) < 4.78 is 1.29. The van der Waals surface area contributed by atoms with Crippen LogP contribution in [0.25, 0.3) is 0 Å². The molecule has 1 fully saturated rings. The topological polar surface area (TPSA) is 28.7 Å². The van der Waals surface area contributed by atoms with E-state index in [9.17, 15) is 0 Å². The maximum Gasteiger partial charge on any atom is 0.0786 e. The second kappa shape index (κ2) is 1.97. The minimum Gasteiger partial charge on any atom is -0.284 e. The van der Waals surface area contributed by atoms with E-state index < -0.39 is 0 Å². The van der Waals surface area contributed by atoms with Gasteiger partial charge in [0.15, 0.2) is 0 Å². The van der Waals surface area contributed by atoms with Crippen LogP contribution in [0.5, 0.6) is 0 Å². The van der Waals surface area contributed by atoms with Gasteiger partial charge in [0.2, 0.25) is 0 Å². The third-order valence-electron chi connectivity index (χ3n) is 1.59. The van der Waals surface area contributed by atoms with E-state index in [-0.39, 0.29) is 0 Å². The summed E-state index contributed by atoms with van der Waals surface area (Å²) in [6.07, 6.45) is 4.62. The van der Waals surface area contributed by atoms with Crippen molar-refractivity contribution in [2.75, 3.05) is 0 Å². The molecule has 2 rings (SSSR count). The van der Waals surface area contributed by atoms with Crippen LogP contribution in [0.3, 0.4) is 0 Å². The smallest absolute Gasteiger partial charge is 0.0786 e. The highest BCUT2D eigenvalue weighted by Gasteiger charge is 2.27. The van der Waals surface area contributed by atoms with Crippen LogP contribution in [-0.4, -0.2) is 10.2 Å². The number of aromatic nitrogens is 2. The standard InChI is InChI=1S/C6H7IN2/c7-5-3-8-9-6(5)4-1-2-4/h3-4H,1-2H2,(H,8,9). The first-order chi connectivity index (χ1) is 4.38. The van der Waals surface area contributed by atoms with Crippen LogP contribution < -0.4 is 0 Å². The molecule has 1 aliphatic rings. The molecule has 0 atom stereocenters. The van der Waals surface area contributed by atoms with Crippen molar-refractivity contribution in [3.05, 3.63) is 15.5 Å². The average Bonchev–Trinajstić information content (AvgIpc) is 2.58. The van der Waals surface area contributed by atoms with Gasteiger partial charge in [0.25, 0.3) is 0 Å². The largest absolute Gasteiger partial charge is 0.284 e. The van der Waals surface area contributed by atoms with Crippen LogP contribution in [-0.2, 0) is 0 Å². The van der Waals surface area contributed by atoms with Crippen molar-refractivity contribution >= 4 is 22.6 Å². The average molecular weight is 234 g/mol. The van der Waals surface area contributed by atoms with Gasteiger partial charge in [-0.3, -0.25) is 5.10 Å². The van der Waals surface area contributed by atoms with Gasteiger partial charge in [-0.15, -0.1) is 0 Å². The number of H-pyrrole nitrogens is 1. The summed E-state index contributed by atoms with van der Waals surface area (Å²) in [5.41, 5.74) is 1.27. The van der Waals surface area contributed by atoms with Crippen molar-refractivity contribution < 1.29 is 0 Å². The molecule has 1 aromatic heterocycles. The van der Waals surface area contributed by atoms with Crippen LogP contribution in [0.4, 0.5) is 0 Å². The molecule has 1 heterocycles. The Morgan fingerprint density at radius 2 is 2.44 bits per heavy atom. The fraction of sp³-hybridized carbons (Fsp3) is 0.500. The Bertz CT molecular complexity index is 215. The Morgan fingerprint density at radius 3 is 2.89 bits per heavy atom. The van der Waals surface area contributed by atoms with E-state index in [0.29, 0.717) is 0 Å². The zero-order valence-electron chi connectivity index (χ0n) is 4.89. The summed E-state index contributed by atoms with van der Waals surface area (Å²) in [6, 6.07) is 0. The van der Waals surface area contributed by atoms with E-state index in [4.69, 9.17) is 0 Å². The summed E-state index contributed by atoms with van der Waals surface area (Å²) in [5.74, 6) is 0.781. The molecule has 0 spiro atoms. The van der Waals surface area contributed by atoms with Gasteiger partial charge in [0.1, 0.15) is 0 Å². The lowest BCUT2D eigenvalue weighted by Crippen LogP contribution is -1.80. The highest BCUT2D eigenvalue weighted by atomic mass is 127. The molecule has 48 valence electrons. The fourth-order valence-electron chi connectivity index (χ4n) is 0.929. The summed E-state index contributed by atoms with van der Waals surface area (Å²) in [5, 5.41) is 7.01. The van der Waals surface area contributed by atoms with Gasteiger partial charge in [-0.25, -0.2) is 0 Å². The number of rotatable bonds is 1. The summed E-state index contributed by atoms with van der Waals surface area (Å²) in [7, 11) is 0. The molecule has 0 saturated heterocycles. The van der Waals surface area contributed by atoms with Crippen LogP contribution in [0, 0.1) is 3.57 Å². The number of nitrogens with one attached hydrogen (secondary N) is 1. The number of hydrogen-bond acceptors (Lipinski definition) is 1. The maximum absolute atomic E-state index is 4.15. The Labute approximate surface area is 67.2 Å². The lowest BCUT2D eigenvalue weighted by molar-refractivity contribution is 0.962. The molecule has 3 heteroatoms. The van der Waals surface area contributed by atoms with E-state index in [2.05, 4.69) is 32.8 Å². The van der Waals surface area contributed by atoms with Crippen molar-refractivity contribution in [2.45, 2.75) is 18.8 Å². The normalized spacial score (nSPS) is 18.3. The Hall–Kier alpha value is -0.0600. The van der Waals surface area contributed by atoms with E-state index in [1.807, 2.05) is 6.20 Å². The Balaban J connectivity index is 2.35. The predicted octanol–water partition coefficient (Wildman–Crippen LogP) is 1.89. The third kappa shape index (κ3) is 0.976. The highest BCUT2D eigenvalue weighted by Crippen LogP contribution is 2.40. The van der Waals surface area contributed by atoms with Crippen molar-refractivity contribution in [1.82, 2.24) is 10.2 Å². The van der Waals surface area contributed by atoms with Crippen LogP contribution in [0.2, 0.25) is 0 Å². The lowest BCUT2D eigenvalue weighted by Gasteiger charge is -1.86. The summed E-state index contributed by atoms with van der Waals surface area (Å²) >= 11 is 2.32. The molecule has 1 N–H and O–H groups in total. The minimum absolute atomic E-state index is 0.781. The van der Waals surface area contributed by atoms with Crippen LogP contribution in [0.15, 0.2) is 6.20 Å². The van der Waals surface area contributed by atoms with Gasteiger partial charge in [-0.2, -0.15) is 5.10 Å². The molecule has 1 saturated carbocycles. The fourth-order valence-corrected chi connectivity index (χ4v) is 1.63. The summed E-state index contributed by atoms with van der Waals surface area (Å²) in [4.78, 5) is 0. The SMILES string of the molecule is Ic1c[nH]nc1C1CC1. The molecular weight excluding hydrogens is 227 g/mol. The maximum atomic E-state index is 4.15.